The second-order valence-corrected chi connectivity index (χ2v) is 7.42. The van der Waals surface area contributed by atoms with E-state index < -0.39 is 0 Å². The van der Waals surface area contributed by atoms with E-state index in [-0.39, 0.29) is 0 Å². The highest BCUT2D eigenvalue weighted by Gasteiger charge is 2.50. The number of nitrogens with two attached hydrogens (primary N) is 1. The summed E-state index contributed by atoms with van der Waals surface area (Å²) < 4.78 is 0. The van der Waals surface area contributed by atoms with Crippen molar-refractivity contribution in [1.29, 1.82) is 0 Å². The largest absolute Gasteiger partial charge is 0.329 e. The molecule has 1 saturated carbocycles. The monoisotopic (exact) mass is 281 g/mol. The Morgan fingerprint density at radius 1 is 1.33 bits per heavy atom. The summed E-state index contributed by atoms with van der Waals surface area (Å²) in [6, 6.07) is 4.79. The number of hydrogen-bond acceptors (Lipinski definition) is 2. The van der Waals surface area contributed by atoms with Crippen molar-refractivity contribution in [2.75, 3.05) is 19.6 Å². The van der Waals surface area contributed by atoms with E-state index >= 15 is 0 Å². The Morgan fingerprint density at radius 3 is 2.86 bits per heavy atom. The standard InChI is InChI=1S/C18H26BN2/c1-13-16(3-2-15-4-7-19-9-17(13)15)8-14-10-21(11-14)18(12-20)5-6-18/h2-3,14H,4-12,20H2,1H3. The Morgan fingerprint density at radius 2 is 2.14 bits per heavy atom. The summed E-state index contributed by atoms with van der Waals surface area (Å²) in [5.74, 6) is 0.846. The minimum Gasteiger partial charge on any atom is -0.329 e. The molecule has 0 amide bonds. The molecule has 0 unspecified atom stereocenters. The average molecular weight is 281 g/mol. The molecule has 1 aromatic carbocycles. The second kappa shape index (κ2) is 5.14. The first-order valence-corrected chi connectivity index (χ1v) is 8.59. The molecule has 0 bridgehead atoms. The van der Waals surface area contributed by atoms with Crippen molar-refractivity contribution in [3.05, 3.63) is 34.4 Å². The van der Waals surface area contributed by atoms with Crippen LogP contribution in [0.4, 0.5) is 0 Å². The van der Waals surface area contributed by atoms with Gasteiger partial charge >= 0.3 is 0 Å². The number of hydrogen-bond donors (Lipinski definition) is 1. The Hall–Kier alpha value is -0.795. The van der Waals surface area contributed by atoms with Crippen LogP contribution in [0.3, 0.4) is 0 Å². The molecule has 2 fully saturated rings. The normalized spacial score (nSPS) is 24.1. The highest BCUT2D eigenvalue weighted by molar-refractivity contribution is 6.35. The van der Waals surface area contributed by atoms with E-state index in [1.807, 2.05) is 0 Å². The first kappa shape index (κ1) is 13.8. The summed E-state index contributed by atoms with van der Waals surface area (Å²) in [5.41, 5.74) is 12.7. The highest BCUT2D eigenvalue weighted by Crippen LogP contribution is 2.45. The number of likely N-dealkylation sites (tertiary alicyclic amines) is 1. The van der Waals surface area contributed by atoms with Gasteiger partial charge in [0.2, 0.25) is 0 Å². The van der Waals surface area contributed by atoms with Crippen LogP contribution in [0.5, 0.6) is 0 Å². The predicted octanol–water partition coefficient (Wildman–Crippen LogP) is 2.14. The maximum atomic E-state index is 5.93. The first-order chi connectivity index (χ1) is 10.2. The van der Waals surface area contributed by atoms with Gasteiger partial charge in [-0.25, -0.2) is 0 Å². The van der Waals surface area contributed by atoms with Gasteiger partial charge < -0.3 is 5.73 Å². The molecule has 1 radical (unpaired) electrons. The van der Waals surface area contributed by atoms with E-state index in [1.54, 1.807) is 22.3 Å². The number of benzene rings is 1. The van der Waals surface area contributed by atoms with E-state index in [2.05, 4.69) is 31.2 Å². The molecule has 1 saturated heterocycles. The molecule has 0 aromatic heterocycles. The number of fused-ring (bicyclic) bond motifs is 1. The minimum atomic E-state index is 0.413. The van der Waals surface area contributed by atoms with Crippen LogP contribution < -0.4 is 5.73 Å². The summed E-state index contributed by atoms with van der Waals surface area (Å²) >= 11 is 0. The van der Waals surface area contributed by atoms with Gasteiger partial charge in [-0.1, -0.05) is 24.8 Å². The second-order valence-electron chi connectivity index (χ2n) is 7.42. The van der Waals surface area contributed by atoms with Gasteiger partial charge in [-0.2, -0.15) is 0 Å². The Kier molecular flexibility index (Phi) is 3.38. The van der Waals surface area contributed by atoms with Gasteiger partial charge in [-0.05, 0) is 60.8 Å². The average Bonchev–Trinajstić information content (AvgIpc) is 3.25. The zero-order valence-corrected chi connectivity index (χ0v) is 13.2. The van der Waals surface area contributed by atoms with Crippen molar-refractivity contribution in [3.63, 3.8) is 0 Å². The van der Waals surface area contributed by atoms with Gasteiger partial charge in [0.15, 0.2) is 0 Å². The molecule has 21 heavy (non-hydrogen) atoms. The lowest BCUT2D eigenvalue weighted by atomic mass is 9.61. The van der Waals surface area contributed by atoms with Crippen LogP contribution in [0.1, 0.15) is 35.1 Å². The van der Waals surface area contributed by atoms with Gasteiger partial charge in [0.1, 0.15) is 7.28 Å². The van der Waals surface area contributed by atoms with Crippen LogP contribution >= 0.6 is 0 Å². The molecule has 4 rings (SSSR count). The molecule has 2 N–H and O–H groups in total. The molecule has 2 nitrogen and oxygen atoms in total. The number of nitrogens with zero attached hydrogens (tertiary/aromatic N) is 1. The molecule has 0 atom stereocenters. The summed E-state index contributed by atoms with van der Waals surface area (Å²) in [7, 11) is 2.45. The van der Waals surface area contributed by atoms with Crippen LogP contribution in [-0.4, -0.2) is 37.4 Å². The molecular weight excluding hydrogens is 255 g/mol. The van der Waals surface area contributed by atoms with Gasteiger partial charge in [0.05, 0.1) is 0 Å². The third-order valence-electron chi connectivity index (χ3n) is 6.12. The molecule has 2 aliphatic heterocycles. The summed E-state index contributed by atoms with van der Waals surface area (Å²) in [6.45, 7) is 5.72. The van der Waals surface area contributed by atoms with E-state index in [1.165, 1.54) is 51.4 Å². The smallest absolute Gasteiger partial charge is 0.115 e. The van der Waals surface area contributed by atoms with Crippen molar-refractivity contribution >= 4 is 7.28 Å². The van der Waals surface area contributed by atoms with E-state index in [9.17, 15) is 0 Å². The molecule has 2 heterocycles. The van der Waals surface area contributed by atoms with Crippen LogP contribution in [0.25, 0.3) is 0 Å². The van der Waals surface area contributed by atoms with Crippen molar-refractivity contribution in [1.82, 2.24) is 4.90 Å². The predicted molar refractivity (Wildman–Crippen MR) is 88.9 cm³/mol. The lowest BCUT2D eigenvalue weighted by molar-refractivity contribution is 0.0429. The molecule has 0 spiro atoms. The topological polar surface area (TPSA) is 29.3 Å². The fourth-order valence-corrected chi connectivity index (χ4v) is 4.30. The maximum absolute atomic E-state index is 5.93. The zero-order valence-electron chi connectivity index (χ0n) is 13.2. The molecule has 111 valence electrons. The Bertz CT molecular complexity index is 544. The molecule has 1 aliphatic carbocycles. The molecule has 1 aromatic rings. The lowest BCUT2D eigenvalue weighted by Crippen LogP contribution is -2.56. The van der Waals surface area contributed by atoms with Crippen LogP contribution in [0.15, 0.2) is 12.1 Å². The van der Waals surface area contributed by atoms with Gasteiger partial charge in [0, 0.05) is 25.2 Å². The summed E-state index contributed by atoms with van der Waals surface area (Å²) in [5, 5.41) is 0. The van der Waals surface area contributed by atoms with E-state index in [0.29, 0.717) is 5.54 Å². The first-order valence-electron chi connectivity index (χ1n) is 8.59. The summed E-state index contributed by atoms with van der Waals surface area (Å²) in [6.07, 6.45) is 7.59. The van der Waals surface area contributed by atoms with Gasteiger partial charge in [-0.15, -0.1) is 0 Å². The van der Waals surface area contributed by atoms with Crippen LogP contribution in [0.2, 0.25) is 6.32 Å². The summed E-state index contributed by atoms with van der Waals surface area (Å²) in [4.78, 5) is 2.64. The van der Waals surface area contributed by atoms with Crippen molar-refractivity contribution < 1.29 is 0 Å². The zero-order chi connectivity index (χ0) is 14.4. The Balaban J connectivity index is 1.42. The molecular formula is C18H26BN2. The van der Waals surface area contributed by atoms with Crippen LogP contribution in [-0.2, 0) is 19.2 Å². The number of aryl methyl sites for hydroxylation is 1. The van der Waals surface area contributed by atoms with Crippen molar-refractivity contribution in [2.24, 2.45) is 11.7 Å². The number of rotatable bonds is 4. The fourth-order valence-electron chi connectivity index (χ4n) is 4.30. The van der Waals surface area contributed by atoms with E-state index in [0.717, 1.165) is 12.5 Å². The minimum absolute atomic E-state index is 0.413. The molecule has 3 heteroatoms. The van der Waals surface area contributed by atoms with Crippen molar-refractivity contribution in [2.45, 2.75) is 50.8 Å². The van der Waals surface area contributed by atoms with Gasteiger partial charge in [0.25, 0.3) is 0 Å². The van der Waals surface area contributed by atoms with E-state index in [4.69, 9.17) is 5.73 Å². The SMILES string of the molecule is Cc1c(CC2CN(C3(CN)CC3)C2)ccc2c1C[B]CC2. The lowest BCUT2D eigenvalue weighted by Gasteiger charge is -2.45. The maximum Gasteiger partial charge on any atom is 0.115 e. The van der Waals surface area contributed by atoms with Crippen LogP contribution in [0, 0.1) is 12.8 Å². The molecule has 3 aliphatic rings. The highest BCUT2D eigenvalue weighted by atomic mass is 15.3. The Labute approximate surface area is 129 Å². The van der Waals surface area contributed by atoms with Gasteiger partial charge in [-0.3, -0.25) is 4.90 Å². The quantitative estimate of drug-likeness (QED) is 0.857. The van der Waals surface area contributed by atoms with Crippen molar-refractivity contribution in [3.8, 4) is 0 Å². The third-order valence-corrected chi connectivity index (χ3v) is 6.12. The fraction of sp³-hybridized carbons (Fsp3) is 0.667. The third kappa shape index (κ3) is 2.35.